The van der Waals surface area contributed by atoms with Gasteiger partial charge in [0, 0.05) is 19.4 Å². The molecule has 0 aliphatic rings. The molecule has 0 saturated heterocycles. The third-order valence-corrected chi connectivity index (χ3v) is 2.52. The molecule has 0 bridgehead atoms. The summed E-state index contributed by atoms with van der Waals surface area (Å²) in [7, 11) is 1.93. The van der Waals surface area contributed by atoms with Crippen LogP contribution >= 0.6 is 11.6 Å². The maximum absolute atomic E-state index is 6.07. The van der Waals surface area contributed by atoms with Gasteiger partial charge in [0.1, 0.15) is 0 Å². The molecule has 78 valence electrons. The molecule has 15 heavy (non-hydrogen) atoms. The molecule has 2 rings (SSSR count). The fourth-order valence-corrected chi connectivity index (χ4v) is 1.51. The van der Waals surface area contributed by atoms with Gasteiger partial charge in [0.2, 0.25) is 5.95 Å². The number of aryl methyl sites for hydroxylation is 2. The Morgan fingerprint density at radius 3 is 2.87 bits per heavy atom. The first-order chi connectivity index (χ1) is 7.16. The van der Waals surface area contributed by atoms with Crippen molar-refractivity contribution in [1.82, 2.24) is 9.55 Å². The number of rotatable bonds is 2. The number of anilines is 2. The van der Waals surface area contributed by atoms with Gasteiger partial charge >= 0.3 is 0 Å². The van der Waals surface area contributed by atoms with Crippen molar-refractivity contribution in [3.05, 3.63) is 41.2 Å². The molecule has 0 spiro atoms. The van der Waals surface area contributed by atoms with Crippen molar-refractivity contribution in [1.29, 1.82) is 0 Å². The SMILES string of the molecule is Cc1ccc(Cl)c(Nc2nccn2C)c1. The molecule has 1 aromatic carbocycles. The Kier molecular flexibility index (Phi) is 2.64. The number of benzene rings is 1. The Hall–Kier alpha value is -1.48. The van der Waals surface area contributed by atoms with E-state index in [4.69, 9.17) is 11.6 Å². The number of imidazole rings is 1. The zero-order chi connectivity index (χ0) is 10.8. The van der Waals surface area contributed by atoms with E-state index < -0.39 is 0 Å². The first-order valence-corrected chi connectivity index (χ1v) is 5.05. The van der Waals surface area contributed by atoms with Crippen LogP contribution in [0, 0.1) is 6.92 Å². The van der Waals surface area contributed by atoms with Crippen molar-refractivity contribution < 1.29 is 0 Å². The summed E-state index contributed by atoms with van der Waals surface area (Å²) in [5.41, 5.74) is 2.04. The summed E-state index contributed by atoms with van der Waals surface area (Å²) in [5, 5.41) is 3.88. The summed E-state index contributed by atoms with van der Waals surface area (Å²) in [6.07, 6.45) is 3.62. The second kappa shape index (κ2) is 3.95. The number of nitrogens with one attached hydrogen (secondary N) is 1. The Bertz CT molecular complexity index is 476. The monoisotopic (exact) mass is 221 g/mol. The van der Waals surface area contributed by atoms with Gasteiger partial charge in [-0.1, -0.05) is 17.7 Å². The summed E-state index contributed by atoms with van der Waals surface area (Å²) >= 11 is 6.07. The van der Waals surface area contributed by atoms with Gasteiger partial charge in [-0.25, -0.2) is 4.98 Å². The third-order valence-electron chi connectivity index (χ3n) is 2.19. The summed E-state index contributed by atoms with van der Waals surface area (Å²) in [6.45, 7) is 2.03. The molecule has 0 fully saturated rings. The molecule has 0 aliphatic heterocycles. The maximum Gasteiger partial charge on any atom is 0.207 e. The van der Waals surface area contributed by atoms with Crippen LogP contribution in [0.3, 0.4) is 0 Å². The molecule has 1 heterocycles. The fourth-order valence-electron chi connectivity index (χ4n) is 1.34. The number of hydrogen-bond acceptors (Lipinski definition) is 2. The molecule has 1 aromatic heterocycles. The van der Waals surface area contributed by atoms with Crippen LogP contribution in [0.1, 0.15) is 5.56 Å². The van der Waals surface area contributed by atoms with Gasteiger partial charge in [0.25, 0.3) is 0 Å². The molecule has 2 aromatic rings. The van der Waals surface area contributed by atoms with Gasteiger partial charge in [-0.2, -0.15) is 0 Å². The van der Waals surface area contributed by atoms with Crippen LogP contribution < -0.4 is 5.32 Å². The average molecular weight is 222 g/mol. The highest BCUT2D eigenvalue weighted by atomic mass is 35.5. The highest BCUT2D eigenvalue weighted by Gasteiger charge is 2.03. The zero-order valence-corrected chi connectivity index (χ0v) is 9.42. The molecule has 0 saturated carbocycles. The molecule has 0 unspecified atom stereocenters. The van der Waals surface area contributed by atoms with E-state index in [1.165, 1.54) is 0 Å². The van der Waals surface area contributed by atoms with E-state index in [9.17, 15) is 0 Å². The molecule has 1 N–H and O–H groups in total. The highest BCUT2D eigenvalue weighted by molar-refractivity contribution is 6.33. The molecule has 0 radical (unpaired) electrons. The maximum atomic E-state index is 6.07. The molecular weight excluding hydrogens is 210 g/mol. The largest absolute Gasteiger partial charge is 0.324 e. The second-order valence-electron chi connectivity index (χ2n) is 3.47. The Labute approximate surface area is 93.7 Å². The van der Waals surface area contributed by atoms with Crippen LogP contribution in [-0.2, 0) is 7.05 Å². The lowest BCUT2D eigenvalue weighted by atomic mass is 10.2. The van der Waals surface area contributed by atoms with Crippen molar-refractivity contribution >= 4 is 23.2 Å². The second-order valence-corrected chi connectivity index (χ2v) is 3.88. The normalized spacial score (nSPS) is 10.3. The smallest absolute Gasteiger partial charge is 0.207 e. The van der Waals surface area contributed by atoms with Gasteiger partial charge in [0.15, 0.2) is 0 Å². The number of halogens is 1. The lowest BCUT2D eigenvalue weighted by Crippen LogP contribution is -1.99. The lowest BCUT2D eigenvalue weighted by Gasteiger charge is -2.08. The standard InChI is InChI=1S/C11H12ClN3/c1-8-3-4-9(12)10(7-8)14-11-13-5-6-15(11)2/h3-7H,1-2H3,(H,13,14). The summed E-state index contributed by atoms with van der Waals surface area (Å²) < 4.78 is 1.90. The quantitative estimate of drug-likeness (QED) is 0.845. The minimum absolute atomic E-state index is 0.698. The van der Waals surface area contributed by atoms with E-state index in [-0.39, 0.29) is 0 Å². The van der Waals surface area contributed by atoms with Gasteiger partial charge in [-0.05, 0) is 24.6 Å². The van der Waals surface area contributed by atoms with Crippen LogP contribution in [0.2, 0.25) is 5.02 Å². The van der Waals surface area contributed by atoms with Crippen LogP contribution in [0.5, 0.6) is 0 Å². The van der Waals surface area contributed by atoms with Crippen LogP contribution in [0.15, 0.2) is 30.6 Å². The van der Waals surface area contributed by atoms with E-state index in [1.807, 2.05) is 42.9 Å². The summed E-state index contributed by atoms with van der Waals surface area (Å²) in [6, 6.07) is 5.85. The number of nitrogens with zero attached hydrogens (tertiary/aromatic N) is 2. The number of hydrogen-bond donors (Lipinski definition) is 1. The molecule has 0 atom stereocenters. The van der Waals surface area contributed by atoms with E-state index >= 15 is 0 Å². The molecule has 4 heteroatoms. The molecule has 0 aliphatic carbocycles. The van der Waals surface area contributed by atoms with Crippen LogP contribution in [0.4, 0.5) is 11.6 Å². The predicted molar refractivity (Wildman–Crippen MR) is 62.7 cm³/mol. The van der Waals surface area contributed by atoms with E-state index in [0.29, 0.717) is 5.02 Å². The average Bonchev–Trinajstić information content (AvgIpc) is 2.58. The first kappa shape index (κ1) is 10.1. The highest BCUT2D eigenvalue weighted by Crippen LogP contribution is 2.25. The van der Waals surface area contributed by atoms with Gasteiger partial charge in [-0.15, -0.1) is 0 Å². The van der Waals surface area contributed by atoms with Crippen LogP contribution in [0.25, 0.3) is 0 Å². The lowest BCUT2D eigenvalue weighted by molar-refractivity contribution is 0.924. The Balaban J connectivity index is 2.32. The van der Waals surface area contributed by atoms with Crippen molar-refractivity contribution in [3.8, 4) is 0 Å². The Morgan fingerprint density at radius 2 is 2.20 bits per heavy atom. The summed E-state index contributed by atoms with van der Waals surface area (Å²) in [4.78, 5) is 4.18. The van der Waals surface area contributed by atoms with Gasteiger partial charge in [-0.3, -0.25) is 0 Å². The van der Waals surface area contributed by atoms with Gasteiger partial charge in [0.05, 0.1) is 10.7 Å². The van der Waals surface area contributed by atoms with Crippen molar-refractivity contribution in [2.75, 3.05) is 5.32 Å². The van der Waals surface area contributed by atoms with Crippen molar-refractivity contribution in [2.24, 2.45) is 7.05 Å². The topological polar surface area (TPSA) is 29.9 Å². The number of aromatic nitrogens is 2. The predicted octanol–water partition coefficient (Wildman–Crippen LogP) is 3.13. The van der Waals surface area contributed by atoms with E-state index in [1.54, 1.807) is 6.20 Å². The van der Waals surface area contributed by atoms with Crippen LogP contribution in [-0.4, -0.2) is 9.55 Å². The molecule has 3 nitrogen and oxygen atoms in total. The first-order valence-electron chi connectivity index (χ1n) is 4.67. The summed E-state index contributed by atoms with van der Waals surface area (Å²) in [5.74, 6) is 0.780. The molecule has 0 amide bonds. The Morgan fingerprint density at radius 1 is 1.40 bits per heavy atom. The molecular formula is C11H12ClN3. The van der Waals surface area contributed by atoms with Crippen molar-refractivity contribution in [3.63, 3.8) is 0 Å². The van der Waals surface area contributed by atoms with Crippen molar-refractivity contribution in [2.45, 2.75) is 6.92 Å². The minimum Gasteiger partial charge on any atom is -0.324 e. The fraction of sp³-hybridized carbons (Fsp3) is 0.182. The van der Waals surface area contributed by atoms with E-state index in [0.717, 1.165) is 17.2 Å². The minimum atomic E-state index is 0.698. The zero-order valence-electron chi connectivity index (χ0n) is 8.66. The van der Waals surface area contributed by atoms with Gasteiger partial charge < -0.3 is 9.88 Å². The third kappa shape index (κ3) is 2.13. The van der Waals surface area contributed by atoms with E-state index in [2.05, 4.69) is 10.3 Å².